The molecule has 1 aromatic carbocycles. The van der Waals surface area contributed by atoms with Crippen molar-refractivity contribution < 1.29 is 13.6 Å². The number of halogens is 2. The van der Waals surface area contributed by atoms with E-state index in [0.717, 1.165) is 36.3 Å². The number of rotatable bonds is 7. The number of carbonyl (C=O) groups excluding carboxylic acids is 1. The van der Waals surface area contributed by atoms with Gasteiger partial charge >= 0.3 is 0 Å². The zero-order chi connectivity index (χ0) is 17.4. The molecule has 1 aromatic rings. The lowest BCUT2D eigenvalue weighted by Crippen LogP contribution is -2.37. The number of benzene rings is 1. The van der Waals surface area contributed by atoms with Crippen LogP contribution in [0.2, 0.25) is 0 Å². The van der Waals surface area contributed by atoms with Gasteiger partial charge in [-0.3, -0.25) is 4.79 Å². The summed E-state index contributed by atoms with van der Waals surface area (Å²) >= 11 is 2.20. The standard InChI is InChI=1S/C17H20F2N2OS2/c18-17(19)24-14-7-5-13(6-8-14)23-11-12-3-1-2-4-15(12)16(22)21-10-9-20/h5-8,12,15,17H,1-4,10-11H2,(H,21,22)/t12-,15+/m0/s1. The van der Waals surface area contributed by atoms with E-state index >= 15 is 0 Å². The summed E-state index contributed by atoms with van der Waals surface area (Å²) in [6, 6.07) is 9.05. The van der Waals surface area contributed by atoms with Gasteiger partial charge in [0.2, 0.25) is 5.91 Å². The zero-order valence-corrected chi connectivity index (χ0v) is 14.8. The SMILES string of the molecule is N#CCNC(=O)[C@@H]1CCCC[C@H]1CSc1ccc(SC(F)F)cc1. The first-order valence-corrected chi connectivity index (χ1v) is 9.79. The van der Waals surface area contributed by atoms with Crippen LogP contribution in [-0.4, -0.2) is 24.0 Å². The molecule has 0 heterocycles. The maximum atomic E-state index is 12.3. The van der Waals surface area contributed by atoms with E-state index in [4.69, 9.17) is 5.26 Å². The lowest BCUT2D eigenvalue weighted by atomic mass is 9.80. The molecule has 7 heteroatoms. The van der Waals surface area contributed by atoms with E-state index in [2.05, 4.69) is 5.32 Å². The van der Waals surface area contributed by atoms with Crippen molar-refractivity contribution in [3.63, 3.8) is 0 Å². The number of alkyl halides is 2. The van der Waals surface area contributed by atoms with Gasteiger partial charge in [-0.25, -0.2) is 0 Å². The second kappa shape index (κ2) is 9.90. The molecule has 130 valence electrons. The summed E-state index contributed by atoms with van der Waals surface area (Å²) in [6.07, 6.45) is 4.05. The number of amides is 1. The first kappa shape index (κ1) is 19.1. The van der Waals surface area contributed by atoms with Crippen LogP contribution in [0.15, 0.2) is 34.1 Å². The van der Waals surface area contributed by atoms with Crippen molar-refractivity contribution in [3.8, 4) is 6.07 Å². The predicted octanol–water partition coefficient (Wildman–Crippen LogP) is 4.54. The van der Waals surface area contributed by atoms with E-state index in [1.165, 1.54) is 0 Å². The fourth-order valence-electron chi connectivity index (χ4n) is 2.93. The average Bonchev–Trinajstić information content (AvgIpc) is 2.59. The van der Waals surface area contributed by atoms with Crippen LogP contribution in [0.5, 0.6) is 0 Å². The van der Waals surface area contributed by atoms with Gasteiger partial charge in [0.1, 0.15) is 6.54 Å². The number of nitrogens with zero attached hydrogens (tertiary/aromatic N) is 1. The van der Waals surface area contributed by atoms with Crippen LogP contribution in [0.1, 0.15) is 25.7 Å². The average molecular weight is 370 g/mol. The van der Waals surface area contributed by atoms with Crippen LogP contribution in [0, 0.1) is 23.2 Å². The molecular weight excluding hydrogens is 350 g/mol. The smallest absolute Gasteiger partial charge is 0.288 e. The molecule has 0 aromatic heterocycles. The Morgan fingerprint density at radius 2 is 1.92 bits per heavy atom. The third-order valence-electron chi connectivity index (χ3n) is 4.10. The lowest BCUT2D eigenvalue weighted by molar-refractivity contribution is -0.127. The Labute approximate surface area is 149 Å². The molecule has 1 aliphatic rings. The van der Waals surface area contributed by atoms with Gasteiger partial charge in [-0.2, -0.15) is 14.0 Å². The summed E-state index contributed by atoms with van der Waals surface area (Å²) in [5.74, 6) is -1.35. The molecule has 1 aliphatic carbocycles. The summed E-state index contributed by atoms with van der Waals surface area (Å²) in [5, 5.41) is 11.3. The Bertz CT molecular complexity index is 575. The van der Waals surface area contributed by atoms with E-state index in [-0.39, 0.29) is 24.3 Å². The van der Waals surface area contributed by atoms with E-state index in [1.807, 2.05) is 18.2 Å². The van der Waals surface area contributed by atoms with Crippen molar-refractivity contribution in [2.24, 2.45) is 11.8 Å². The molecule has 0 radical (unpaired) electrons. The molecule has 0 aliphatic heterocycles. The van der Waals surface area contributed by atoms with E-state index in [0.29, 0.717) is 16.7 Å². The molecule has 0 saturated heterocycles. The molecule has 2 atom stereocenters. The highest BCUT2D eigenvalue weighted by molar-refractivity contribution is 7.99. The minimum Gasteiger partial charge on any atom is -0.343 e. The molecule has 2 rings (SSSR count). The number of thioether (sulfide) groups is 2. The fraction of sp³-hybridized carbons (Fsp3) is 0.529. The second-order valence-corrected chi connectivity index (χ2v) is 7.84. The Morgan fingerprint density at radius 3 is 2.58 bits per heavy atom. The van der Waals surface area contributed by atoms with Gasteiger partial charge in [0.15, 0.2) is 0 Å². The lowest BCUT2D eigenvalue weighted by Gasteiger charge is -2.30. The molecule has 0 spiro atoms. The van der Waals surface area contributed by atoms with E-state index in [9.17, 15) is 13.6 Å². The predicted molar refractivity (Wildman–Crippen MR) is 93.1 cm³/mol. The molecule has 1 fully saturated rings. The van der Waals surface area contributed by atoms with E-state index in [1.54, 1.807) is 23.9 Å². The van der Waals surface area contributed by atoms with Gasteiger partial charge < -0.3 is 5.32 Å². The monoisotopic (exact) mass is 370 g/mol. The molecule has 3 nitrogen and oxygen atoms in total. The van der Waals surface area contributed by atoms with Crippen molar-refractivity contribution in [1.82, 2.24) is 5.32 Å². The number of hydrogen-bond donors (Lipinski definition) is 1. The maximum Gasteiger partial charge on any atom is 0.288 e. The van der Waals surface area contributed by atoms with Gasteiger partial charge in [0, 0.05) is 21.5 Å². The molecule has 1 N–H and O–H groups in total. The summed E-state index contributed by atoms with van der Waals surface area (Å²) < 4.78 is 24.6. The minimum atomic E-state index is -2.40. The molecule has 0 bridgehead atoms. The second-order valence-electron chi connectivity index (χ2n) is 5.69. The highest BCUT2D eigenvalue weighted by Gasteiger charge is 2.30. The first-order valence-electron chi connectivity index (χ1n) is 7.92. The summed E-state index contributed by atoms with van der Waals surface area (Å²) in [5.41, 5.74) is 0. The van der Waals surface area contributed by atoms with Gasteiger partial charge in [0.05, 0.1) is 6.07 Å². The summed E-state index contributed by atoms with van der Waals surface area (Å²) in [4.78, 5) is 13.8. The first-order chi connectivity index (χ1) is 11.6. The van der Waals surface area contributed by atoms with Gasteiger partial charge in [-0.05, 0) is 43.0 Å². The molecule has 1 amide bonds. The minimum absolute atomic E-state index is 0.0227. The normalized spacial score (nSPS) is 20.6. The molecule has 24 heavy (non-hydrogen) atoms. The van der Waals surface area contributed by atoms with Crippen LogP contribution in [0.25, 0.3) is 0 Å². The summed E-state index contributed by atoms with van der Waals surface area (Å²) in [6.45, 7) is 0.0540. The number of carbonyl (C=O) groups is 1. The van der Waals surface area contributed by atoms with Crippen molar-refractivity contribution >= 4 is 29.4 Å². The van der Waals surface area contributed by atoms with Crippen molar-refractivity contribution in [2.75, 3.05) is 12.3 Å². The maximum absolute atomic E-state index is 12.3. The molecule has 1 saturated carbocycles. The van der Waals surface area contributed by atoms with Gasteiger partial charge in [-0.1, -0.05) is 24.6 Å². The van der Waals surface area contributed by atoms with Crippen LogP contribution in [0.4, 0.5) is 8.78 Å². The Kier molecular flexibility index (Phi) is 7.86. The number of hydrogen-bond acceptors (Lipinski definition) is 4. The van der Waals surface area contributed by atoms with Crippen LogP contribution in [0.3, 0.4) is 0 Å². The third-order valence-corrected chi connectivity index (χ3v) is 6.02. The van der Waals surface area contributed by atoms with Crippen LogP contribution >= 0.6 is 23.5 Å². The Balaban J connectivity index is 1.88. The largest absolute Gasteiger partial charge is 0.343 e. The van der Waals surface area contributed by atoms with E-state index < -0.39 is 5.76 Å². The highest BCUT2D eigenvalue weighted by Crippen LogP contribution is 2.35. The van der Waals surface area contributed by atoms with Crippen molar-refractivity contribution in [3.05, 3.63) is 24.3 Å². The Morgan fingerprint density at radius 1 is 1.25 bits per heavy atom. The quantitative estimate of drug-likeness (QED) is 0.565. The topological polar surface area (TPSA) is 52.9 Å². The van der Waals surface area contributed by atoms with Crippen molar-refractivity contribution in [1.29, 1.82) is 5.26 Å². The fourth-order valence-corrected chi connectivity index (χ4v) is 4.56. The van der Waals surface area contributed by atoms with Crippen molar-refractivity contribution in [2.45, 2.75) is 41.2 Å². The van der Waals surface area contributed by atoms with Crippen LogP contribution in [-0.2, 0) is 4.79 Å². The highest BCUT2D eigenvalue weighted by atomic mass is 32.2. The summed E-state index contributed by atoms with van der Waals surface area (Å²) in [7, 11) is 0. The molecular formula is C17H20F2N2OS2. The third kappa shape index (κ3) is 5.99. The zero-order valence-electron chi connectivity index (χ0n) is 13.2. The number of nitrogens with one attached hydrogen (secondary N) is 1. The van der Waals surface area contributed by atoms with Gasteiger partial charge in [-0.15, -0.1) is 11.8 Å². The van der Waals surface area contributed by atoms with Gasteiger partial charge in [0.25, 0.3) is 5.76 Å². The van der Waals surface area contributed by atoms with Crippen LogP contribution < -0.4 is 5.32 Å². The Hall–Kier alpha value is -1.26. The molecule has 0 unspecified atom stereocenters. The number of nitriles is 1.